The highest BCUT2D eigenvalue weighted by atomic mass is 32.2. The van der Waals surface area contributed by atoms with Crippen molar-refractivity contribution in [3.63, 3.8) is 0 Å². The number of nitrogens with one attached hydrogen (secondary N) is 1. The number of benzene rings is 4. The van der Waals surface area contributed by atoms with E-state index < -0.39 is 0 Å². The number of hydrogen-bond acceptors (Lipinski definition) is 7. The Bertz CT molecular complexity index is 1520. The third-order valence-corrected chi connectivity index (χ3v) is 9.27. The van der Waals surface area contributed by atoms with Crippen LogP contribution in [0, 0.1) is 5.41 Å². The summed E-state index contributed by atoms with van der Waals surface area (Å²) in [7, 11) is 2.20. The average molecular weight is 561 g/mol. The Morgan fingerprint density at radius 3 is 1.80 bits per heavy atom. The van der Waals surface area contributed by atoms with Gasteiger partial charge in [0.15, 0.2) is 0 Å². The molecule has 2 aliphatic heterocycles. The minimum absolute atomic E-state index is 0.620. The molecule has 0 radical (unpaired) electrons. The number of rotatable bonds is 7. The van der Waals surface area contributed by atoms with Crippen LogP contribution < -0.4 is 16.4 Å². The molecule has 0 spiro atoms. The molecule has 6 nitrogen and oxygen atoms in total. The van der Waals surface area contributed by atoms with E-state index in [0.717, 1.165) is 78.3 Å². The van der Waals surface area contributed by atoms with Crippen molar-refractivity contribution in [3.05, 3.63) is 90.5 Å². The molecule has 0 bridgehead atoms. The number of nitrogens with two attached hydrogens (primary N) is 2. The Morgan fingerprint density at radius 2 is 1.24 bits per heavy atom. The van der Waals surface area contributed by atoms with Gasteiger partial charge in [-0.25, -0.2) is 0 Å². The van der Waals surface area contributed by atoms with Gasteiger partial charge < -0.3 is 26.7 Å². The normalized spacial score (nSPS) is 15.3. The smallest absolute Gasteiger partial charge is 0.0553 e. The molecule has 5 N–H and O–H groups in total. The first kappa shape index (κ1) is 27.1. The zero-order chi connectivity index (χ0) is 28.5. The summed E-state index contributed by atoms with van der Waals surface area (Å²) in [5, 5.41) is 7.74. The maximum absolute atomic E-state index is 7.74. The predicted octanol–water partition coefficient (Wildman–Crippen LogP) is 6.68. The minimum atomic E-state index is 0.620. The number of nitrogens with zero attached hydrogens (tertiary/aromatic N) is 3. The molecule has 208 valence electrons. The van der Waals surface area contributed by atoms with Gasteiger partial charge in [0.05, 0.1) is 11.4 Å². The Balaban J connectivity index is 1.38. The van der Waals surface area contributed by atoms with Gasteiger partial charge in [-0.15, -0.1) is 0 Å². The van der Waals surface area contributed by atoms with E-state index >= 15 is 0 Å². The molecule has 1 saturated heterocycles. The van der Waals surface area contributed by atoms with E-state index in [-0.39, 0.29) is 0 Å². The second-order valence-corrected chi connectivity index (χ2v) is 11.9. The molecule has 0 amide bonds. The summed E-state index contributed by atoms with van der Waals surface area (Å²) in [5.41, 5.74) is 22.2. The number of anilines is 4. The third kappa shape index (κ3) is 5.48. The summed E-state index contributed by atoms with van der Waals surface area (Å²) in [6.07, 6.45) is 3.13. The van der Waals surface area contributed by atoms with Crippen molar-refractivity contribution < 1.29 is 0 Å². The SMILES string of the molecule is C=Cc1cc(-c2ccc3c(c2)Sc2cc(-c4ccc(N)c(C=N)c4)ccc2N3CCN2CCN(C)CC2)ccc1N. The van der Waals surface area contributed by atoms with E-state index in [1.807, 2.05) is 42.1 Å². The number of hydrogen-bond donors (Lipinski definition) is 3. The van der Waals surface area contributed by atoms with Crippen molar-refractivity contribution in [3.8, 4) is 22.3 Å². The summed E-state index contributed by atoms with van der Waals surface area (Å²) < 4.78 is 0. The number of nitrogen functional groups attached to an aromatic ring is 2. The Hall–Kier alpha value is -4.04. The molecule has 2 heterocycles. The average Bonchev–Trinajstić information content (AvgIpc) is 3.00. The first-order valence-electron chi connectivity index (χ1n) is 14.0. The van der Waals surface area contributed by atoms with Crippen LogP contribution >= 0.6 is 11.8 Å². The van der Waals surface area contributed by atoms with Crippen LogP contribution in [-0.4, -0.2) is 62.3 Å². The lowest BCUT2D eigenvalue weighted by molar-refractivity contribution is 0.157. The van der Waals surface area contributed by atoms with Gasteiger partial charge >= 0.3 is 0 Å². The molecule has 4 aromatic rings. The molecule has 2 aliphatic rings. The lowest BCUT2D eigenvalue weighted by atomic mass is 10.0. The molecule has 7 heteroatoms. The van der Waals surface area contributed by atoms with E-state index in [0.29, 0.717) is 5.69 Å². The summed E-state index contributed by atoms with van der Waals surface area (Å²) in [6.45, 7) is 10.3. The van der Waals surface area contributed by atoms with Gasteiger partial charge in [-0.3, -0.25) is 4.90 Å². The predicted molar refractivity (Wildman–Crippen MR) is 176 cm³/mol. The molecule has 0 atom stereocenters. The van der Waals surface area contributed by atoms with Gasteiger partial charge in [-0.1, -0.05) is 48.7 Å². The summed E-state index contributed by atoms with van der Waals surface area (Å²) in [5.74, 6) is 0. The van der Waals surface area contributed by atoms with Gasteiger partial charge in [0, 0.05) is 72.2 Å². The highest BCUT2D eigenvalue weighted by Crippen LogP contribution is 2.50. The van der Waals surface area contributed by atoms with Gasteiger partial charge in [-0.05, 0) is 83.4 Å². The fraction of sp³-hybridized carbons (Fsp3) is 0.206. The summed E-state index contributed by atoms with van der Waals surface area (Å²) in [6, 6.07) is 25.5. The molecule has 0 saturated carbocycles. The van der Waals surface area contributed by atoms with Crippen molar-refractivity contribution in [1.29, 1.82) is 5.41 Å². The first-order valence-corrected chi connectivity index (χ1v) is 14.8. The Kier molecular flexibility index (Phi) is 7.58. The van der Waals surface area contributed by atoms with Crippen LogP contribution in [-0.2, 0) is 0 Å². The zero-order valence-electron chi connectivity index (χ0n) is 23.4. The lowest BCUT2D eigenvalue weighted by Crippen LogP contribution is -2.46. The maximum Gasteiger partial charge on any atom is 0.0553 e. The van der Waals surface area contributed by atoms with Gasteiger partial charge in [-0.2, -0.15) is 0 Å². The van der Waals surface area contributed by atoms with E-state index in [2.05, 4.69) is 76.9 Å². The van der Waals surface area contributed by atoms with Crippen LogP contribution in [0.1, 0.15) is 11.1 Å². The molecular weight excluding hydrogens is 524 g/mol. The third-order valence-electron chi connectivity index (χ3n) is 8.17. The van der Waals surface area contributed by atoms with Crippen LogP contribution in [0.15, 0.2) is 89.2 Å². The molecule has 41 heavy (non-hydrogen) atoms. The first-order chi connectivity index (χ1) is 19.9. The molecule has 6 rings (SSSR count). The second kappa shape index (κ2) is 11.4. The van der Waals surface area contributed by atoms with Gasteiger partial charge in [0.25, 0.3) is 0 Å². The Morgan fingerprint density at radius 1 is 0.732 bits per heavy atom. The standard InChI is InChI=1S/C34H36N6S/c1-3-23-18-24(4-8-29(23)36)26-6-10-31-33(20-26)41-34-21-27(25-5-9-30(37)28(19-25)22-35)7-11-32(34)40(31)17-16-39-14-12-38(2)13-15-39/h3-11,18-22,35H,1,12-17,36-37H2,2H3. The molecule has 0 aliphatic carbocycles. The quantitative estimate of drug-likeness (QED) is 0.173. The molecule has 4 aromatic carbocycles. The number of likely N-dealkylation sites (N-methyl/N-ethyl adjacent to an activating group) is 1. The Labute approximate surface area is 246 Å². The van der Waals surface area contributed by atoms with Crippen molar-refractivity contribution in [2.75, 3.05) is 62.7 Å². The van der Waals surface area contributed by atoms with Crippen LogP contribution in [0.25, 0.3) is 28.3 Å². The maximum atomic E-state index is 7.74. The molecule has 0 aromatic heterocycles. The highest BCUT2D eigenvalue weighted by molar-refractivity contribution is 7.99. The molecule has 0 unspecified atom stereocenters. The van der Waals surface area contributed by atoms with E-state index in [1.54, 1.807) is 0 Å². The second-order valence-electron chi connectivity index (χ2n) is 10.8. The fourth-order valence-electron chi connectivity index (χ4n) is 5.61. The van der Waals surface area contributed by atoms with Crippen LogP contribution in [0.4, 0.5) is 22.7 Å². The summed E-state index contributed by atoms with van der Waals surface area (Å²) >= 11 is 1.82. The molecular formula is C34H36N6S. The van der Waals surface area contributed by atoms with Crippen LogP contribution in [0.3, 0.4) is 0 Å². The zero-order valence-corrected chi connectivity index (χ0v) is 24.3. The van der Waals surface area contributed by atoms with Crippen molar-refractivity contribution >= 4 is 46.8 Å². The van der Waals surface area contributed by atoms with Gasteiger partial charge in [0.2, 0.25) is 0 Å². The van der Waals surface area contributed by atoms with E-state index in [9.17, 15) is 0 Å². The van der Waals surface area contributed by atoms with Crippen LogP contribution in [0.2, 0.25) is 0 Å². The van der Waals surface area contributed by atoms with E-state index in [4.69, 9.17) is 16.9 Å². The number of piperazine rings is 1. The topological polar surface area (TPSA) is 85.6 Å². The van der Waals surface area contributed by atoms with Crippen molar-refractivity contribution in [2.24, 2.45) is 0 Å². The minimum Gasteiger partial charge on any atom is -0.398 e. The highest BCUT2D eigenvalue weighted by Gasteiger charge is 2.26. The van der Waals surface area contributed by atoms with Gasteiger partial charge in [0.1, 0.15) is 0 Å². The van der Waals surface area contributed by atoms with Crippen molar-refractivity contribution in [2.45, 2.75) is 9.79 Å². The largest absolute Gasteiger partial charge is 0.398 e. The lowest BCUT2D eigenvalue weighted by Gasteiger charge is -2.37. The fourth-order valence-corrected chi connectivity index (χ4v) is 6.78. The monoisotopic (exact) mass is 560 g/mol. The van der Waals surface area contributed by atoms with Crippen LogP contribution in [0.5, 0.6) is 0 Å². The number of fused-ring (bicyclic) bond motifs is 2. The van der Waals surface area contributed by atoms with E-state index in [1.165, 1.54) is 27.4 Å². The summed E-state index contributed by atoms with van der Waals surface area (Å²) in [4.78, 5) is 9.92. The molecule has 1 fully saturated rings. The van der Waals surface area contributed by atoms with Crippen molar-refractivity contribution in [1.82, 2.24) is 9.80 Å².